The van der Waals surface area contributed by atoms with Gasteiger partial charge in [-0.2, -0.15) is 0 Å². The molecule has 1 aromatic rings. The number of rotatable bonds is 3. The summed E-state index contributed by atoms with van der Waals surface area (Å²) in [6.07, 6.45) is 0.497. The molecule has 0 heterocycles. The maximum Gasteiger partial charge on any atom is 0.303 e. The molecule has 0 bridgehead atoms. The maximum atomic E-state index is 10.7. The lowest BCUT2D eigenvalue weighted by atomic mass is 10.0. The minimum atomic E-state index is -0.839. The average molecular weight is 216 g/mol. The number of carbonyl (C=O) groups excluding carboxylic acids is 1. The molecule has 0 spiro atoms. The van der Waals surface area contributed by atoms with Crippen LogP contribution in [-0.2, 0) is 16.0 Å². The molecule has 0 aliphatic heterocycles. The van der Waals surface area contributed by atoms with Crippen LogP contribution in [0.1, 0.15) is 24.5 Å². The van der Waals surface area contributed by atoms with Gasteiger partial charge in [-0.05, 0) is 24.0 Å². The van der Waals surface area contributed by atoms with Gasteiger partial charge >= 0.3 is 5.97 Å². The molecule has 0 amide bonds. The number of Topliss-reactive ketones (excluding diaryl/α,β-unsaturated/α-hetero) is 1. The highest BCUT2D eigenvalue weighted by atomic mass is 16.4. The number of benzene rings is 1. The number of carboxylic acid groups (broad SMARTS) is 1. The van der Waals surface area contributed by atoms with Crippen molar-refractivity contribution in [2.45, 2.75) is 19.8 Å². The van der Waals surface area contributed by atoms with E-state index in [0.29, 0.717) is 6.42 Å². The van der Waals surface area contributed by atoms with Gasteiger partial charge in [0.2, 0.25) is 5.78 Å². The van der Waals surface area contributed by atoms with E-state index >= 15 is 0 Å². The lowest BCUT2D eigenvalue weighted by molar-refractivity contribution is -0.137. The molecule has 0 aromatic heterocycles. The van der Waals surface area contributed by atoms with Crippen LogP contribution in [0.3, 0.4) is 0 Å². The van der Waals surface area contributed by atoms with Crippen molar-refractivity contribution in [1.82, 2.24) is 0 Å². The molecule has 82 valence electrons. The Morgan fingerprint density at radius 1 is 1.31 bits per heavy atom. The molecule has 0 unspecified atom stereocenters. The topological polar surface area (TPSA) is 54.4 Å². The molecular formula is C13H12O3. The Labute approximate surface area is 94.1 Å². The Balaban J connectivity index is 2.88. The Bertz CT molecular complexity index is 464. The molecule has 1 N–H and O–H groups in total. The molecule has 0 fully saturated rings. The van der Waals surface area contributed by atoms with Gasteiger partial charge in [0.1, 0.15) is 0 Å². The predicted octanol–water partition coefficient (Wildman–Crippen LogP) is 1.64. The smallest absolute Gasteiger partial charge is 0.303 e. The van der Waals surface area contributed by atoms with E-state index in [4.69, 9.17) is 5.11 Å². The summed E-state index contributed by atoms with van der Waals surface area (Å²) in [5.74, 6) is 4.16. The number of aliphatic carboxylic acids is 1. The summed E-state index contributed by atoms with van der Waals surface area (Å²) in [7, 11) is 0. The second-order valence-corrected chi connectivity index (χ2v) is 3.36. The van der Waals surface area contributed by atoms with Crippen molar-refractivity contribution in [2.75, 3.05) is 0 Å². The second-order valence-electron chi connectivity index (χ2n) is 3.36. The van der Waals surface area contributed by atoms with Gasteiger partial charge in [0.25, 0.3) is 0 Å². The van der Waals surface area contributed by atoms with Gasteiger partial charge < -0.3 is 5.11 Å². The first kappa shape index (κ1) is 12.0. The number of hydrogen-bond donors (Lipinski definition) is 1. The summed E-state index contributed by atoms with van der Waals surface area (Å²) in [6.45, 7) is 1.40. The van der Waals surface area contributed by atoms with Gasteiger partial charge in [-0.15, -0.1) is 0 Å². The van der Waals surface area contributed by atoms with E-state index in [0.717, 1.165) is 11.1 Å². The zero-order valence-electron chi connectivity index (χ0n) is 8.99. The van der Waals surface area contributed by atoms with Crippen LogP contribution in [0.25, 0.3) is 0 Å². The Hall–Kier alpha value is -2.08. The molecule has 3 heteroatoms. The summed E-state index contributed by atoms with van der Waals surface area (Å²) < 4.78 is 0. The second kappa shape index (κ2) is 5.72. The standard InChI is InChI=1S/C13H12O3/c1-10(14)6-7-11-4-2-3-5-12(11)8-9-13(15)16/h2-5H,8-9H2,1H3,(H,15,16). The molecule has 1 aromatic carbocycles. The van der Waals surface area contributed by atoms with E-state index in [-0.39, 0.29) is 12.2 Å². The van der Waals surface area contributed by atoms with E-state index in [9.17, 15) is 9.59 Å². The van der Waals surface area contributed by atoms with Gasteiger partial charge in [0.15, 0.2) is 0 Å². The minimum Gasteiger partial charge on any atom is -0.481 e. The SMILES string of the molecule is CC(=O)C#Cc1ccccc1CCC(=O)O. The summed E-state index contributed by atoms with van der Waals surface area (Å²) in [6, 6.07) is 7.25. The summed E-state index contributed by atoms with van der Waals surface area (Å²) in [5.41, 5.74) is 1.58. The predicted molar refractivity (Wildman–Crippen MR) is 60.0 cm³/mol. The van der Waals surface area contributed by atoms with E-state index < -0.39 is 5.97 Å². The van der Waals surface area contributed by atoms with Gasteiger partial charge in [-0.25, -0.2) is 0 Å². The lowest BCUT2D eigenvalue weighted by Gasteiger charge is -2.01. The Morgan fingerprint density at radius 3 is 2.62 bits per heavy atom. The fourth-order valence-corrected chi connectivity index (χ4v) is 1.26. The first-order chi connectivity index (χ1) is 7.59. The van der Waals surface area contributed by atoms with Crippen molar-refractivity contribution in [3.05, 3.63) is 35.4 Å². The highest BCUT2D eigenvalue weighted by molar-refractivity contribution is 5.93. The van der Waals surface area contributed by atoms with Crippen LogP contribution >= 0.6 is 0 Å². The molecule has 0 radical (unpaired) electrons. The van der Waals surface area contributed by atoms with Crippen LogP contribution in [0, 0.1) is 11.8 Å². The number of carbonyl (C=O) groups is 2. The van der Waals surface area contributed by atoms with Gasteiger partial charge in [-0.3, -0.25) is 9.59 Å². The van der Waals surface area contributed by atoms with Crippen molar-refractivity contribution >= 4 is 11.8 Å². The Morgan fingerprint density at radius 2 is 2.00 bits per heavy atom. The molecule has 16 heavy (non-hydrogen) atoms. The summed E-state index contributed by atoms with van der Waals surface area (Å²) in [4.78, 5) is 21.2. The van der Waals surface area contributed by atoms with E-state index in [2.05, 4.69) is 11.8 Å². The van der Waals surface area contributed by atoms with Crippen LogP contribution < -0.4 is 0 Å². The number of ketones is 1. The van der Waals surface area contributed by atoms with Crippen LogP contribution in [0.4, 0.5) is 0 Å². The highest BCUT2D eigenvalue weighted by Crippen LogP contribution is 2.09. The van der Waals surface area contributed by atoms with Crippen LogP contribution in [-0.4, -0.2) is 16.9 Å². The van der Waals surface area contributed by atoms with Crippen LogP contribution in [0.2, 0.25) is 0 Å². The third-order valence-electron chi connectivity index (χ3n) is 2.00. The first-order valence-electron chi connectivity index (χ1n) is 4.92. The third kappa shape index (κ3) is 3.97. The monoisotopic (exact) mass is 216 g/mol. The molecule has 3 nitrogen and oxygen atoms in total. The number of aryl methyl sites for hydroxylation is 1. The molecular weight excluding hydrogens is 204 g/mol. The van der Waals surface area contributed by atoms with Crippen molar-refractivity contribution in [3.8, 4) is 11.8 Å². The fourth-order valence-electron chi connectivity index (χ4n) is 1.26. The Kier molecular flexibility index (Phi) is 4.28. The van der Waals surface area contributed by atoms with E-state index in [1.54, 1.807) is 6.07 Å². The van der Waals surface area contributed by atoms with Gasteiger partial charge in [0.05, 0.1) is 0 Å². The summed E-state index contributed by atoms with van der Waals surface area (Å²) >= 11 is 0. The van der Waals surface area contributed by atoms with Crippen LogP contribution in [0.5, 0.6) is 0 Å². The van der Waals surface area contributed by atoms with Crippen molar-refractivity contribution in [1.29, 1.82) is 0 Å². The summed E-state index contributed by atoms with van der Waals surface area (Å²) in [5, 5.41) is 8.59. The number of carboxylic acids is 1. The molecule has 0 aliphatic carbocycles. The molecule has 0 saturated heterocycles. The largest absolute Gasteiger partial charge is 0.481 e. The molecule has 0 atom stereocenters. The fraction of sp³-hybridized carbons (Fsp3) is 0.231. The van der Waals surface area contributed by atoms with E-state index in [1.807, 2.05) is 18.2 Å². The molecule has 0 aliphatic rings. The normalized spacial score (nSPS) is 9.06. The molecule has 0 saturated carbocycles. The van der Waals surface area contributed by atoms with Gasteiger partial charge in [0, 0.05) is 18.9 Å². The van der Waals surface area contributed by atoms with Crippen LogP contribution in [0.15, 0.2) is 24.3 Å². The van der Waals surface area contributed by atoms with Crippen molar-refractivity contribution in [3.63, 3.8) is 0 Å². The molecule has 1 rings (SSSR count). The van der Waals surface area contributed by atoms with Crippen molar-refractivity contribution < 1.29 is 14.7 Å². The third-order valence-corrected chi connectivity index (χ3v) is 2.00. The number of hydrogen-bond acceptors (Lipinski definition) is 2. The maximum absolute atomic E-state index is 10.7. The van der Waals surface area contributed by atoms with E-state index in [1.165, 1.54) is 6.92 Å². The quantitative estimate of drug-likeness (QED) is 0.781. The average Bonchev–Trinajstić information content (AvgIpc) is 2.24. The van der Waals surface area contributed by atoms with Crippen molar-refractivity contribution in [2.24, 2.45) is 0 Å². The minimum absolute atomic E-state index is 0.0682. The highest BCUT2D eigenvalue weighted by Gasteiger charge is 2.02. The lowest BCUT2D eigenvalue weighted by Crippen LogP contribution is -1.99. The first-order valence-corrected chi connectivity index (χ1v) is 4.92. The zero-order chi connectivity index (χ0) is 12.0. The zero-order valence-corrected chi connectivity index (χ0v) is 8.99. The van der Waals surface area contributed by atoms with Gasteiger partial charge in [-0.1, -0.05) is 24.1 Å².